The van der Waals surface area contributed by atoms with Gasteiger partial charge in [0.05, 0.1) is 5.69 Å². The van der Waals surface area contributed by atoms with E-state index in [4.69, 9.17) is 0 Å². The number of carbonyl (C=O) groups excluding carboxylic acids is 1. The van der Waals surface area contributed by atoms with E-state index >= 15 is 0 Å². The standard InChI is InChI=1S/C13H16BrFN2OS/c1-8-9(2)19-7-6-17(8)13(18)16-12-10(14)4-3-5-11(12)15/h3-5,8-9H,6-7H2,1-2H3,(H,16,18). The SMILES string of the molecule is CC1SCCN(C(=O)Nc2c(F)cccc2Br)C1C. The van der Waals surface area contributed by atoms with Gasteiger partial charge in [-0.25, -0.2) is 9.18 Å². The van der Waals surface area contributed by atoms with E-state index in [-0.39, 0.29) is 17.8 Å². The Labute approximate surface area is 125 Å². The first-order chi connectivity index (χ1) is 9.00. The van der Waals surface area contributed by atoms with Crippen molar-refractivity contribution in [2.75, 3.05) is 17.6 Å². The Morgan fingerprint density at radius 3 is 2.95 bits per heavy atom. The van der Waals surface area contributed by atoms with Crippen LogP contribution in [0.1, 0.15) is 13.8 Å². The van der Waals surface area contributed by atoms with Crippen LogP contribution in [0.3, 0.4) is 0 Å². The molecular weight excluding hydrogens is 331 g/mol. The van der Waals surface area contributed by atoms with Crippen molar-refractivity contribution in [1.82, 2.24) is 4.90 Å². The number of anilines is 1. The maximum absolute atomic E-state index is 13.7. The van der Waals surface area contributed by atoms with Gasteiger partial charge in [-0.1, -0.05) is 13.0 Å². The van der Waals surface area contributed by atoms with Gasteiger partial charge in [0.2, 0.25) is 0 Å². The number of hydrogen-bond acceptors (Lipinski definition) is 2. The summed E-state index contributed by atoms with van der Waals surface area (Å²) in [5.74, 6) is 0.479. The Balaban J connectivity index is 2.13. The summed E-state index contributed by atoms with van der Waals surface area (Å²) < 4.78 is 14.2. The fourth-order valence-electron chi connectivity index (χ4n) is 2.02. The van der Waals surface area contributed by atoms with E-state index in [9.17, 15) is 9.18 Å². The van der Waals surface area contributed by atoms with Gasteiger partial charge in [-0.15, -0.1) is 0 Å². The average molecular weight is 347 g/mol. The normalized spacial score (nSPS) is 23.3. The first-order valence-corrected chi connectivity index (χ1v) is 7.98. The van der Waals surface area contributed by atoms with Crippen LogP contribution in [0, 0.1) is 5.82 Å². The van der Waals surface area contributed by atoms with E-state index in [1.165, 1.54) is 6.07 Å². The highest BCUT2D eigenvalue weighted by Gasteiger charge is 2.29. The molecule has 0 radical (unpaired) electrons. The van der Waals surface area contributed by atoms with Gasteiger partial charge in [0.1, 0.15) is 5.82 Å². The first kappa shape index (κ1) is 14.7. The van der Waals surface area contributed by atoms with E-state index < -0.39 is 5.82 Å². The molecule has 1 fully saturated rings. The molecule has 1 saturated heterocycles. The van der Waals surface area contributed by atoms with Crippen molar-refractivity contribution in [1.29, 1.82) is 0 Å². The van der Waals surface area contributed by atoms with E-state index in [0.29, 0.717) is 16.3 Å². The molecule has 1 heterocycles. The molecule has 0 bridgehead atoms. The summed E-state index contributed by atoms with van der Waals surface area (Å²) in [6.07, 6.45) is 0. The molecule has 1 aliphatic rings. The Morgan fingerprint density at radius 2 is 2.26 bits per heavy atom. The lowest BCUT2D eigenvalue weighted by atomic mass is 10.2. The zero-order chi connectivity index (χ0) is 14.0. The molecule has 1 aromatic carbocycles. The molecule has 3 nitrogen and oxygen atoms in total. The van der Waals surface area contributed by atoms with Crippen molar-refractivity contribution in [2.45, 2.75) is 25.1 Å². The number of amides is 2. The van der Waals surface area contributed by atoms with Crippen molar-refractivity contribution in [2.24, 2.45) is 0 Å². The van der Waals surface area contributed by atoms with Gasteiger partial charge >= 0.3 is 6.03 Å². The number of thioether (sulfide) groups is 1. The van der Waals surface area contributed by atoms with Crippen LogP contribution >= 0.6 is 27.7 Å². The van der Waals surface area contributed by atoms with Crippen molar-refractivity contribution < 1.29 is 9.18 Å². The predicted octanol–water partition coefficient (Wildman–Crippen LogP) is 3.95. The Kier molecular flexibility index (Phi) is 4.73. The number of nitrogens with one attached hydrogen (secondary N) is 1. The van der Waals surface area contributed by atoms with Gasteiger partial charge in [0.25, 0.3) is 0 Å². The number of hydrogen-bond donors (Lipinski definition) is 1. The third-order valence-corrected chi connectivity index (χ3v) is 5.34. The lowest BCUT2D eigenvalue weighted by Crippen LogP contribution is -2.49. The highest BCUT2D eigenvalue weighted by molar-refractivity contribution is 9.10. The topological polar surface area (TPSA) is 32.3 Å². The van der Waals surface area contributed by atoms with Crippen LogP contribution < -0.4 is 5.32 Å². The number of para-hydroxylation sites is 1. The van der Waals surface area contributed by atoms with Crippen molar-refractivity contribution in [3.05, 3.63) is 28.5 Å². The minimum absolute atomic E-state index is 0.143. The van der Waals surface area contributed by atoms with E-state index in [0.717, 1.165) is 5.75 Å². The summed E-state index contributed by atoms with van der Waals surface area (Å²) >= 11 is 5.10. The summed E-state index contributed by atoms with van der Waals surface area (Å²) in [7, 11) is 0. The van der Waals surface area contributed by atoms with Gasteiger partial charge in [0, 0.05) is 28.1 Å². The number of benzene rings is 1. The first-order valence-electron chi connectivity index (χ1n) is 6.14. The molecule has 1 aliphatic heterocycles. The molecule has 104 valence electrons. The zero-order valence-corrected chi connectivity index (χ0v) is 13.2. The number of rotatable bonds is 1. The summed E-state index contributed by atoms with van der Waals surface area (Å²) in [6, 6.07) is 4.53. The second-order valence-electron chi connectivity index (χ2n) is 4.54. The van der Waals surface area contributed by atoms with Crippen LogP contribution in [0.4, 0.5) is 14.9 Å². The predicted molar refractivity (Wildman–Crippen MR) is 81.2 cm³/mol. The smallest absolute Gasteiger partial charge is 0.320 e. The Morgan fingerprint density at radius 1 is 1.53 bits per heavy atom. The minimum atomic E-state index is -0.435. The third kappa shape index (κ3) is 3.23. The molecule has 2 amide bonds. The highest BCUT2D eigenvalue weighted by atomic mass is 79.9. The molecule has 19 heavy (non-hydrogen) atoms. The largest absolute Gasteiger partial charge is 0.322 e. The fraction of sp³-hybridized carbons (Fsp3) is 0.462. The molecule has 2 atom stereocenters. The second-order valence-corrected chi connectivity index (χ2v) is 6.88. The van der Waals surface area contributed by atoms with Gasteiger partial charge < -0.3 is 10.2 Å². The van der Waals surface area contributed by atoms with Gasteiger partial charge in [-0.05, 0) is 35.0 Å². The van der Waals surface area contributed by atoms with E-state index in [2.05, 4.69) is 28.2 Å². The number of carbonyl (C=O) groups is 1. The summed E-state index contributed by atoms with van der Waals surface area (Å²) in [6.45, 7) is 4.81. The number of urea groups is 1. The quantitative estimate of drug-likeness (QED) is 0.834. The Hall–Kier alpha value is -0.750. The highest BCUT2D eigenvalue weighted by Crippen LogP contribution is 2.28. The van der Waals surface area contributed by atoms with Crippen molar-refractivity contribution in [3.8, 4) is 0 Å². The summed E-state index contributed by atoms with van der Waals surface area (Å²) in [5, 5.41) is 3.05. The van der Waals surface area contributed by atoms with Crippen LogP contribution in [-0.4, -0.2) is 34.5 Å². The number of halogens is 2. The lowest BCUT2D eigenvalue weighted by molar-refractivity contribution is 0.194. The van der Waals surface area contributed by atoms with E-state index in [1.807, 2.05) is 18.7 Å². The van der Waals surface area contributed by atoms with Gasteiger partial charge in [-0.2, -0.15) is 11.8 Å². The van der Waals surface area contributed by atoms with Gasteiger partial charge in [0.15, 0.2) is 0 Å². The fourth-order valence-corrected chi connectivity index (χ4v) is 3.56. The number of nitrogens with zero attached hydrogens (tertiary/aromatic N) is 1. The molecular formula is C13H16BrFN2OS. The molecule has 1 aromatic rings. The van der Waals surface area contributed by atoms with Crippen LogP contribution in [0.5, 0.6) is 0 Å². The van der Waals surface area contributed by atoms with Crippen LogP contribution in [0.2, 0.25) is 0 Å². The van der Waals surface area contributed by atoms with Crippen LogP contribution in [-0.2, 0) is 0 Å². The molecule has 2 unspecified atom stereocenters. The van der Waals surface area contributed by atoms with Crippen LogP contribution in [0.25, 0.3) is 0 Å². The van der Waals surface area contributed by atoms with E-state index in [1.54, 1.807) is 17.0 Å². The maximum atomic E-state index is 13.7. The zero-order valence-electron chi connectivity index (χ0n) is 10.8. The maximum Gasteiger partial charge on any atom is 0.322 e. The molecule has 0 saturated carbocycles. The van der Waals surface area contributed by atoms with Gasteiger partial charge in [-0.3, -0.25) is 0 Å². The molecule has 1 N–H and O–H groups in total. The Bertz CT molecular complexity index is 465. The second kappa shape index (κ2) is 6.13. The monoisotopic (exact) mass is 346 g/mol. The molecule has 0 spiro atoms. The molecule has 0 aromatic heterocycles. The average Bonchev–Trinajstić information content (AvgIpc) is 2.37. The van der Waals surface area contributed by atoms with Crippen molar-refractivity contribution in [3.63, 3.8) is 0 Å². The summed E-state index contributed by atoms with van der Waals surface area (Å²) in [5.41, 5.74) is 0.200. The van der Waals surface area contributed by atoms with Crippen LogP contribution in [0.15, 0.2) is 22.7 Å². The molecule has 6 heteroatoms. The lowest BCUT2D eigenvalue weighted by Gasteiger charge is -2.37. The summed E-state index contributed by atoms with van der Waals surface area (Å²) in [4.78, 5) is 14.0. The molecule has 0 aliphatic carbocycles. The minimum Gasteiger partial charge on any atom is -0.320 e. The third-order valence-electron chi connectivity index (χ3n) is 3.34. The molecule has 2 rings (SSSR count). The van der Waals surface area contributed by atoms with Crippen molar-refractivity contribution >= 4 is 39.4 Å².